The van der Waals surface area contributed by atoms with Gasteiger partial charge in [-0.25, -0.2) is 8.78 Å². The Morgan fingerprint density at radius 2 is 1.09 bits per heavy atom. The van der Waals surface area contributed by atoms with E-state index in [1.54, 1.807) is 50.2 Å². The molecule has 1 nitrogen and oxygen atoms in total. The van der Waals surface area contributed by atoms with Crippen LogP contribution in [0.4, 0.5) is 8.78 Å². The summed E-state index contributed by atoms with van der Waals surface area (Å²) in [5.41, 5.74) is 0.418. The van der Waals surface area contributed by atoms with Crippen LogP contribution in [0.25, 0.3) is 0 Å². The summed E-state index contributed by atoms with van der Waals surface area (Å²) in [6, 6.07) is 14.3. The van der Waals surface area contributed by atoms with Crippen molar-refractivity contribution in [2.75, 3.05) is 11.9 Å². The van der Waals surface area contributed by atoms with E-state index in [1.807, 2.05) is 26.0 Å². The topological polar surface area (TPSA) is 20.2 Å². The molecule has 0 aliphatic rings. The second-order valence-corrected chi connectivity index (χ2v) is 9.23. The summed E-state index contributed by atoms with van der Waals surface area (Å²) in [4.78, 5) is 0. The normalized spacial score (nSPS) is 12.4. The molecule has 0 heterocycles. The highest BCUT2D eigenvalue weighted by atomic mass is 80.9. The lowest BCUT2D eigenvalue weighted by Gasteiger charge is -2.23. The fourth-order valence-electron chi connectivity index (χ4n) is 2.67. The first-order chi connectivity index (χ1) is 15.0. The summed E-state index contributed by atoms with van der Waals surface area (Å²) in [5.74, 6) is -0.478. The Bertz CT molecular complexity index is 792. The number of alkyl halides is 1. The van der Waals surface area contributed by atoms with Gasteiger partial charge in [0.25, 0.3) is 0 Å². The molecule has 0 saturated carbocycles. The number of rotatable bonds is 6. The molecule has 8 heteroatoms. The monoisotopic (exact) mass is 676 g/mol. The van der Waals surface area contributed by atoms with Gasteiger partial charge in [0.15, 0.2) is 0 Å². The molecule has 2 rings (SSSR count). The molecule has 2 aromatic carbocycles. The largest absolute Gasteiger partial charge is 0.392 e. The summed E-state index contributed by atoms with van der Waals surface area (Å²) >= 11 is 20.2. The highest BCUT2D eigenvalue weighted by Gasteiger charge is 2.26. The molecule has 0 amide bonds. The summed E-state index contributed by atoms with van der Waals surface area (Å²) in [6.45, 7) is 6.94. The maximum Gasteiger partial charge on any atom is 0.108 e. The van der Waals surface area contributed by atoms with Crippen LogP contribution in [0.2, 0.25) is 10.0 Å². The van der Waals surface area contributed by atoms with E-state index in [0.29, 0.717) is 15.4 Å². The SMILES string of the molecule is BrBr.CC(C)(/C(F)=C/CBr)c1ccc(Cl)cc1.CC(C)(/C(F)=C/CO)c1ccc(Cl)cc1. The molecule has 2 aromatic rings. The molecule has 0 aliphatic carbocycles. The van der Waals surface area contributed by atoms with Crippen LogP contribution in [-0.2, 0) is 10.8 Å². The van der Waals surface area contributed by atoms with Crippen LogP contribution in [0.3, 0.4) is 0 Å². The molecular weight excluding hydrogens is 653 g/mol. The Kier molecular flexibility index (Phi) is 15.5. The van der Waals surface area contributed by atoms with Crippen molar-refractivity contribution in [3.05, 3.63) is 93.5 Å². The van der Waals surface area contributed by atoms with Gasteiger partial charge in [0, 0.05) is 54.5 Å². The quantitative estimate of drug-likeness (QED) is 0.302. The van der Waals surface area contributed by atoms with Crippen molar-refractivity contribution in [2.24, 2.45) is 0 Å². The van der Waals surface area contributed by atoms with Gasteiger partial charge in [-0.1, -0.05) is 63.4 Å². The van der Waals surface area contributed by atoms with E-state index in [2.05, 4.69) is 44.2 Å². The third-order valence-corrected chi connectivity index (χ3v) is 5.68. The fourth-order valence-corrected chi connectivity index (χ4v) is 3.20. The first-order valence-corrected chi connectivity index (χ1v) is 15.1. The molecule has 0 radical (unpaired) electrons. The van der Waals surface area contributed by atoms with Gasteiger partial charge >= 0.3 is 0 Å². The van der Waals surface area contributed by atoms with Crippen LogP contribution in [0.15, 0.2) is 72.3 Å². The summed E-state index contributed by atoms with van der Waals surface area (Å²) in [7, 11) is 0. The molecule has 1 N–H and O–H groups in total. The van der Waals surface area contributed by atoms with Crippen LogP contribution in [0.5, 0.6) is 0 Å². The average molecular weight is 680 g/mol. The predicted octanol–water partition coefficient (Wildman–Crippen LogP) is 10.0. The number of aliphatic hydroxyl groups is 1. The van der Waals surface area contributed by atoms with E-state index in [-0.39, 0.29) is 18.3 Å². The number of hydrogen-bond acceptors (Lipinski definition) is 1. The third-order valence-electron chi connectivity index (χ3n) is 4.85. The van der Waals surface area contributed by atoms with Crippen molar-refractivity contribution in [2.45, 2.75) is 38.5 Å². The van der Waals surface area contributed by atoms with Gasteiger partial charge in [0.1, 0.15) is 11.7 Å². The molecular formula is C24H27Br3Cl2F2O. The Morgan fingerprint density at radius 3 is 1.38 bits per heavy atom. The van der Waals surface area contributed by atoms with Gasteiger partial charge in [-0.2, -0.15) is 0 Å². The maximum absolute atomic E-state index is 13.8. The maximum atomic E-state index is 13.8. The molecule has 0 unspecified atom stereocenters. The van der Waals surface area contributed by atoms with Crippen LogP contribution in [0.1, 0.15) is 38.8 Å². The van der Waals surface area contributed by atoms with Gasteiger partial charge in [0.05, 0.1) is 6.61 Å². The van der Waals surface area contributed by atoms with Crippen LogP contribution in [-0.4, -0.2) is 17.0 Å². The van der Waals surface area contributed by atoms with E-state index >= 15 is 0 Å². The van der Waals surface area contributed by atoms with E-state index in [1.165, 1.54) is 12.2 Å². The zero-order valence-corrected chi connectivity index (χ0v) is 24.6. The Morgan fingerprint density at radius 1 is 0.781 bits per heavy atom. The molecule has 0 bridgehead atoms. The number of allylic oxidation sites excluding steroid dienone is 3. The number of aliphatic hydroxyl groups excluding tert-OH is 1. The Labute approximate surface area is 223 Å². The van der Waals surface area contributed by atoms with Crippen molar-refractivity contribution in [3.63, 3.8) is 0 Å². The van der Waals surface area contributed by atoms with Gasteiger partial charge in [0.2, 0.25) is 0 Å². The van der Waals surface area contributed by atoms with Gasteiger partial charge in [-0.15, -0.1) is 0 Å². The third kappa shape index (κ3) is 9.94. The van der Waals surface area contributed by atoms with Crippen molar-refractivity contribution in [1.82, 2.24) is 0 Å². The minimum atomic E-state index is -0.729. The minimum Gasteiger partial charge on any atom is -0.392 e. The van der Waals surface area contributed by atoms with E-state index < -0.39 is 10.8 Å². The Hall–Kier alpha value is -0.240. The first-order valence-electron chi connectivity index (χ1n) is 9.52. The summed E-state index contributed by atoms with van der Waals surface area (Å²) in [6.07, 6.45) is 2.71. The van der Waals surface area contributed by atoms with E-state index in [4.69, 9.17) is 28.3 Å². The molecule has 0 saturated heterocycles. The molecule has 32 heavy (non-hydrogen) atoms. The number of benzene rings is 2. The van der Waals surface area contributed by atoms with Crippen LogP contribution >= 0.6 is 67.4 Å². The van der Waals surface area contributed by atoms with E-state index in [9.17, 15) is 8.78 Å². The smallest absolute Gasteiger partial charge is 0.108 e. The van der Waals surface area contributed by atoms with Gasteiger partial charge in [-0.05, 0) is 75.2 Å². The molecule has 0 spiro atoms. The first kappa shape index (κ1) is 31.8. The zero-order valence-electron chi connectivity index (χ0n) is 18.3. The predicted molar refractivity (Wildman–Crippen MR) is 146 cm³/mol. The second kappa shape index (κ2) is 15.6. The van der Waals surface area contributed by atoms with Crippen molar-refractivity contribution < 1.29 is 13.9 Å². The number of halogens is 7. The second-order valence-electron chi connectivity index (χ2n) is 7.70. The summed E-state index contributed by atoms with van der Waals surface area (Å²) < 4.78 is 27.4. The number of hydrogen-bond donors (Lipinski definition) is 1. The zero-order chi connectivity index (χ0) is 24.9. The van der Waals surface area contributed by atoms with Crippen molar-refractivity contribution in [3.8, 4) is 0 Å². The molecule has 178 valence electrons. The van der Waals surface area contributed by atoms with Gasteiger partial charge in [-0.3, -0.25) is 0 Å². The standard InChI is InChI=1S/C12H13BrClF.C12H14ClFO.Br2/c1-12(2,11(15)7-8-13)9-3-5-10(14)6-4-9;1-12(2,11(14)7-8-15)9-3-5-10(13)6-4-9;1-2/h3-7H,8H2,1-2H3;3-7,15H,8H2,1-2H3;/b2*11-7-;. The lowest BCUT2D eigenvalue weighted by Crippen LogP contribution is -2.18. The van der Waals surface area contributed by atoms with Crippen molar-refractivity contribution >= 4 is 67.4 Å². The summed E-state index contributed by atoms with van der Waals surface area (Å²) in [5, 5.41) is 10.5. The highest BCUT2D eigenvalue weighted by Crippen LogP contribution is 2.33. The van der Waals surface area contributed by atoms with Gasteiger partial charge < -0.3 is 5.11 Å². The lowest BCUT2D eigenvalue weighted by molar-refractivity contribution is 0.333. The highest BCUT2D eigenvalue weighted by molar-refractivity contribution is 9.93. The molecule has 0 aromatic heterocycles. The molecule has 0 aliphatic heterocycles. The van der Waals surface area contributed by atoms with Crippen LogP contribution < -0.4 is 0 Å². The molecule has 0 fully saturated rings. The average Bonchev–Trinajstić information content (AvgIpc) is 2.76. The lowest BCUT2D eigenvalue weighted by atomic mass is 9.83. The molecule has 0 atom stereocenters. The fraction of sp³-hybridized carbons (Fsp3) is 0.333. The van der Waals surface area contributed by atoms with Crippen LogP contribution in [0, 0.1) is 0 Å². The Balaban J connectivity index is 0.000000557. The minimum absolute atomic E-state index is 0.137. The van der Waals surface area contributed by atoms with E-state index in [0.717, 1.165) is 11.1 Å². The van der Waals surface area contributed by atoms with Crippen molar-refractivity contribution in [1.29, 1.82) is 0 Å².